The lowest BCUT2D eigenvalue weighted by atomic mass is 9.85. The zero-order valence-electron chi connectivity index (χ0n) is 37.0. The number of allylic oxidation sites excluding steroid dienone is 13. The molecule has 0 aromatic heterocycles. The first kappa shape index (κ1) is 57.0. The molecule has 1 fully saturated rings. The topological polar surface area (TPSA) is 230 Å². The summed E-state index contributed by atoms with van der Waals surface area (Å²) in [5.41, 5.74) is 0. The Morgan fingerprint density at radius 3 is 1.76 bits per heavy atom. The molecule has 7 N–H and O–H groups in total. The fourth-order valence-electron chi connectivity index (χ4n) is 6.17. The van der Waals surface area contributed by atoms with Crippen molar-refractivity contribution in [1.82, 2.24) is 0 Å². The second kappa shape index (κ2) is 36.3. The summed E-state index contributed by atoms with van der Waals surface area (Å²) >= 11 is 0. The maximum Gasteiger partial charge on any atom is 0.472 e. The first-order chi connectivity index (χ1) is 29.8. The van der Waals surface area contributed by atoms with Crippen LogP contribution in [0.4, 0.5) is 0 Å². The third-order valence-corrected chi connectivity index (χ3v) is 10.8. The normalized spacial score (nSPS) is 23.2. The van der Waals surface area contributed by atoms with Crippen molar-refractivity contribution in [2.45, 2.75) is 185 Å². The number of phosphoric ester groups is 1. The van der Waals surface area contributed by atoms with Gasteiger partial charge in [0.2, 0.25) is 0 Å². The molecule has 0 aromatic rings. The maximum atomic E-state index is 12.8. The fourth-order valence-corrected chi connectivity index (χ4v) is 7.14. The lowest BCUT2D eigenvalue weighted by Crippen LogP contribution is -2.64. The minimum absolute atomic E-state index is 0.00434. The lowest BCUT2D eigenvalue weighted by molar-refractivity contribution is -0.220. The summed E-state index contributed by atoms with van der Waals surface area (Å²) in [6.07, 6.45) is 29.4. The number of hydrogen-bond donors (Lipinski definition) is 7. The number of esters is 2. The minimum Gasteiger partial charge on any atom is -0.462 e. The average molecular weight is 897 g/mol. The summed E-state index contributed by atoms with van der Waals surface area (Å²) in [6.45, 7) is 2.99. The van der Waals surface area contributed by atoms with Crippen LogP contribution in [0.2, 0.25) is 0 Å². The molecule has 0 saturated heterocycles. The van der Waals surface area contributed by atoms with Crippen molar-refractivity contribution in [2.75, 3.05) is 13.2 Å². The fraction of sp³-hybridized carbons (Fsp3) is 0.660. The number of carbonyl (C=O) groups excluding carboxylic acids is 2. The van der Waals surface area contributed by atoms with Crippen molar-refractivity contribution in [3.63, 3.8) is 0 Å². The first-order valence-corrected chi connectivity index (χ1v) is 24.0. The van der Waals surface area contributed by atoms with E-state index in [1.54, 1.807) is 6.08 Å². The molecule has 0 heterocycles. The van der Waals surface area contributed by atoms with Gasteiger partial charge in [-0.15, -0.1) is 0 Å². The maximum absolute atomic E-state index is 12.8. The van der Waals surface area contributed by atoms with Gasteiger partial charge in [0, 0.05) is 12.8 Å². The van der Waals surface area contributed by atoms with E-state index in [1.807, 2.05) is 30.4 Å². The van der Waals surface area contributed by atoms with Gasteiger partial charge in [-0.25, -0.2) is 4.57 Å². The predicted octanol–water partition coefficient (Wildman–Crippen LogP) is 7.47. The van der Waals surface area contributed by atoms with Crippen LogP contribution in [0.3, 0.4) is 0 Å². The second-order valence-electron chi connectivity index (χ2n) is 15.4. The van der Waals surface area contributed by atoms with Gasteiger partial charge in [-0.2, -0.15) is 0 Å². The standard InChI is InChI=1S/C47H77O14P/c1-3-5-7-9-11-12-13-14-15-16-17-18-19-20-22-26-31-35-41(50)60-39(37-59-62(56,57)61-47-45(54)43(52)42(51)44(53)46(47)55)36-58-40(49)34-30-27-23-25-29-33-38(48)32-28-24-21-10-8-6-4-2/h6,8,11-12,14-15,17-18,20-22,24,28,32,38-39,42-48,51-55H,3-5,7,9-10,13,16,19,23,25-27,29-31,33-37H2,1-2H3,(H,56,57)/b8-6+,12-11-,15-14-,18-17-,22-20-,24-21+,32-28+/t38?,39-,42?,43-,44+,45-,46-,47?/m1/s1. The molecule has 1 saturated carbocycles. The van der Waals surface area contributed by atoms with Crippen molar-refractivity contribution < 1.29 is 68.2 Å². The Hall–Kier alpha value is -3.01. The molecule has 1 aliphatic carbocycles. The van der Waals surface area contributed by atoms with Crippen molar-refractivity contribution in [1.29, 1.82) is 0 Å². The Morgan fingerprint density at radius 2 is 1.13 bits per heavy atom. The molecule has 15 heteroatoms. The summed E-state index contributed by atoms with van der Waals surface area (Å²) in [7, 11) is -5.16. The van der Waals surface area contributed by atoms with Gasteiger partial charge in [-0.3, -0.25) is 18.6 Å². The van der Waals surface area contributed by atoms with E-state index in [1.165, 1.54) is 19.3 Å². The Bertz CT molecular complexity index is 1420. The summed E-state index contributed by atoms with van der Waals surface area (Å²) in [4.78, 5) is 35.7. The number of carbonyl (C=O) groups is 2. The van der Waals surface area contributed by atoms with E-state index >= 15 is 0 Å². The lowest BCUT2D eigenvalue weighted by Gasteiger charge is -2.41. The smallest absolute Gasteiger partial charge is 0.462 e. The van der Waals surface area contributed by atoms with E-state index in [-0.39, 0.29) is 12.8 Å². The molecule has 14 nitrogen and oxygen atoms in total. The monoisotopic (exact) mass is 897 g/mol. The zero-order valence-corrected chi connectivity index (χ0v) is 37.9. The van der Waals surface area contributed by atoms with Crippen LogP contribution in [0.1, 0.15) is 136 Å². The van der Waals surface area contributed by atoms with E-state index in [9.17, 15) is 49.7 Å². The number of phosphoric acid groups is 1. The second-order valence-corrected chi connectivity index (χ2v) is 16.8. The molecule has 0 spiro atoms. The molecule has 354 valence electrons. The third kappa shape index (κ3) is 28.6. The van der Waals surface area contributed by atoms with Crippen LogP contribution in [0.25, 0.3) is 0 Å². The van der Waals surface area contributed by atoms with Crippen molar-refractivity contribution in [3.8, 4) is 0 Å². The molecular formula is C47H77O14P. The van der Waals surface area contributed by atoms with Crippen LogP contribution in [-0.4, -0.2) is 110 Å². The SMILES string of the molecule is CC/C=C/C/C=C/C=C/C(O)CCCCCCCC(=O)OC[C@H](COP(=O)(O)OC1[C@H](O)[C@H](O)C(O)[C@H](O)[C@H]1O)OC(=O)CCC/C=C\C/C=C\C/C=C\C/C=C\CCCCC. The van der Waals surface area contributed by atoms with Gasteiger partial charge >= 0.3 is 19.8 Å². The number of aliphatic hydroxyl groups is 6. The molecule has 62 heavy (non-hydrogen) atoms. The van der Waals surface area contributed by atoms with Gasteiger partial charge < -0.3 is 45.0 Å². The Balaban J connectivity index is 2.56. The highest BCUT2D eigenvalue weighted by Crippen LogP contribution is 2.47. The van der Waals surface area contributed by atoms with E-state index in [2.05, 4.69) is 62.5 Å². The molecule has 1 rings (SSSR count). The van der Waals surface area contributed by atoms with E-state index < -0.39 is 81.8 Å². The van der Waals surface area contributed by atoms with E-state index in [0.29, 0.717) is 25.7 Å². The van der Waals surface area contributed by atoms with Gasteiger partial charge in [0.25, 0.3) is 0 Å². The quantitative estimate of drug-likeness (QED) is 0.0108. The number of hydrogen-bond acceptors (Lipinski definition) is 13. The third-order valence-electron chi connectivity index (χ3n) is 9.82. The van der Waals surface area contributed by atoms with Gasteiger partial charge in [0.1, 0.15) is 43.2 Å². The number of aliphatic hydroxyl groups excluding tert-OH is 6. The van der Waals surface area contributed by atoms with Crippen molar-refractivity contribution in [2.24, 2.45) is 0 Å². The van der Waals surface area contributed by atoms with Crippen LogP contribution in [0, 0.1) is 0 Å². The molecular weight excluding hydrogens is 819 g/mol. The number of ether oxygens (including phenoxy) is 2. The molecule has 9 atom stereocenters. The Kier molecular flexibility index (Phi) is 33.4. The van der Waals surface area contributed by atoms with Crippen LogP contribution in [-0.2, 0) is 32.7 Å². The van der Waals surface area contributed by atoms with E-state index in [4.69, 9.17) is 18.5 Å². The molecule has 0 amide bonds. The van der Waals surface area contributed by atoms with Crippen LogP contribution < -0.4 is 0 Å². The molecule has 0 bridgehead atoms. The largest absolute Gasteiger partial charge is 0.472 e. The van der Waals surface area contributed by atoms with Crippen LogP contribution in [0.15, 0.2) is 85.1 Å². The highest BCUT2D eigenvalue weighted by molar-refractivity contribution is 7.47. The van der Waals surface area contributed by atoms with E-state index in [0.717, 1.165) is 64.2 Å². The number of unbranched alkanes of at least 4 members (excludes halogenated alkanes) is 8. The summed E-state index contributed by atoms with van der Waals surface area (Å²) in [5, 5.41) is 60.3. The average Bonchev–Trinajstić information content (AvgIpc) is 3.25. The molecule has 0 aromatic carbocycles. The molecule has 4 unspecified atom stereocenters. The highest BCUT2D eigenvalue weighted by atomic mass is 31.2. The van der Waals surface area contributed by atoms with Gasteiger partial charge in [0.05, 0.1) is 12.7 Å². The van der Waals surface area contributed by atoms with Crippen LogP contribution in [0.5, 0.6) is 0 Å². The number of rotatable bonds is 35. The Morgan fingerprint density at radius 1 is 0.597 bits per heavy atom. The van der Waals surface area contributed by atoms with Gasteiger partial charge in [-0.1, -0.05) is 137 Å². The van der Waals surface area contributed by atoms with Crippen molar-refractivity contribution in [3.05, 3.63) is 85.1 Å². The summed E-state index contributed by atoms with van der Waals surface area (Å²) < 4.78 is 33.4. The first-order valence-electron chi connectivity index (χ1n) is 22.5. The molecule has 0 aliphatic heterocycles. The highest BCUT2D eigenvalue weighted by Gasteiger charge is 2.51. The van der Waals surface area contributed by atoms with Crippen LogP contribution >= 0.6 is 7.82 Å². The van der Waals surface area contributed by atoms with Gasteiger partial charge in [-0.05, 0) is 70.6 Å². The summed E-state index contributed by atoms with van der Waals surface area (Å²) in [6, 6.07) is 0. The molecule has 1 aliphatic rings. The predicted molar refractivity (Wildman–Crippen MR) is 241 cm³/mol. The minimum atomic E-state index is -5.16. The zero-order chi connectivity index (χ0) is 45.9. The molecule has 0 radical (unpaired) electrons. The summed E-state index contributed by atoms with van der Waals surface area (Å²) in [5.74, 6) is -1.25. The van der Waals surface area contributed by atoms with Crippen molar-refractivity contribution >= 4 is 19.8 Å². The van der Waals surface area contributed by atoms with Gasteiger partial charge in [0.15, 0.2) is 6.10 Å². The Labute approximate surface area is 370 Å².